The van der Waals surface area contributed by atoms with E-state index in [2.05, 4.69) is 18.2 Å². The van der Waals surface area contributed by atoms with Gasteiger partial charge in [-0.3, -0.25) is 0 Å². The molecule has 0 atom stereocenters. The van der Waals surface area contributed by atoms with Gasteiger partial charge in [-0.15, -0.1) is 5.76 Å². The first-order valence-corrected chi connectivity index (χ1v) is 7.93. The summed E-state index contributed by atoms with van der Waals surface area (Å²) in [5.41, 5.74) is 1.80. The Hall–Kier alpha value is -2.67. The predicted molar refractivity (Wildman–Crippen MR) is 100 cm³/mol. The second-order valence-corrected chi connectivity index (χ2v) is 5.40. The zero-order chi connectivity index (χ0) is 16.6. The third kappa shape index (κ3) is 5.15. The van der Waals surface area contributed by atoms with Gasteiger partial charge in [-0.05, 0) is 21.9 Å². The van der Waals surface area contributed by atoms with Crippen molar-refractivity contribution in [2.75, 3.05) is 0 Å². The van der Waals surface area contributed by atoms with E-state index in [1.54, 1.807) is 6.08 Å². The summed E-state index contributed by atoms with van der Waals surface area (Å²) in [5.74, 6) is 0.0398. The third-order valence-electron chi connectivity index (χ3n) is 3.74. The molecule has 0 fully saturated rings. The minimum Gasteiger partial charge on any atom is -0.872 e. The Balaban J connectivity index is 0.000000325. The Labute approximate surface area is 159 Å². The van der Waals surface area contributed by atoms with Gasteiger partial charge >= 0.3 is 17.1 Å². The molecule has 124 valence electrons. The topological polar surface area (TPSA) is 23.1 Å². The van der Waals surface area contributed by atoms with Gasteiger partial charge in [0.05, 0.1) is 0 Å². The third-order valence-corrected chi connectivity index (χ3v) is 3.74. The van der Waals surface area contributed by atoms with Crippen LogP contribution in [-0.4, -0.2) is 0 Å². The average Bonchev–Trinajstić information content (AvgIpc) is 3.36. The van der Waals surface area contributed by atoms with Crippen LogP contribution in [0, 0.1) is 0 Å². The van der Waals surface area contributed by atoms with Crippen molar-refractivity contribution in [3.05, 3.63) is 120 Å². The standard InChI is InChI=1S/C18H14O.C5H5.Fe/c19-18(16-7-1-2-8-16)13-12-15-10-5-9-14-6-3-4-11-17(14)15;1-2-4-5-3-1;/h1-13,19H;1-5H;/q;-1;+2/p-1/b13-12+;;. The molecule has 1 aliphatic rings. The van der Waals surface area contributed by atoms with Crippen molar-refractivity contribution in [2.24, 2.45) is 0 Å². The molecule has 0 N–H and O–H groups in total. The summed E-state index contributed by atoms with van der Waals surface area (Å²) in [7, 11) is 0. The normalized spacial score (nSPS) is 12.1. The quantitative estimate of drug-likeness (QED) is 0.356. The van der Waals surface area contributed by atoms with Gasteiger partial charge in [0.25, 0.3) is 0 Å². The first-order chi connectivity index (χ1) is 11.8. The summed E-state index contributed by atoms with van der Waals surface area (Å²) in [6.45, 7) is 0. The van der Waals surface area contributed by atoms with Crippen molar-refractivity contribution in [2.45, 2.75) is 0 Å². The Morgan fingerprint density at radius 2 is 1.52 bits per heavy atom. The zero-order valence-electron chi connectivity index (χ0n) is 13.7. The summed E-state index contributed by atoms with van der Waals surface area (Å²) in [6, 6.07) is 24.3. The molecule has 0 aromatic heterocycles. The maximum absolute atomic E-state index is 11.9. The molecule has 2 heteroatoms. The van der Waals surface area contributed by atoms with E-state index < -0.39 is 0 Å². The molecular weight excluding hydrogens is 348 g/mol. The molecule has 0 saturated heterocycles. The van der Waals surface area contributed by atoms with Crippen LogP contribution in [0.4, 0.5) is 0 Å². The van der Waals surface area contributed by atoms with Gasteiger partial charge in [-0.2, -0.15) is 18.2 Å². The molecule has 4 rings (SSSR count). The van der Waals surface area contributed by atoms with E-state index in [0.717, 1.165) is 16.5 Å². The van der Waals surface area contributed by atoms with Crippen molar-refractivity contribution < 1.29 is 22.2 Å². The summed E-state index contributed by atoms with van der Waals surface area (Å²) < 4.78 is 0. The minimum atomic E-state index is 0. The van der Waals surface area contributed by atoms with E-state index in [4.69, 9.17) is 0 Å². The summed E-state index contributed by atoms with van der Waals surface area (Å²) in [4.78, 5) is 0. The number of hydrogen-bond acceptors (Lipinski definition) is 1. The van der Waals surface area contributed by atoms with Crippen molar-refractivity contribution in [1.29, 1.82) is 0 Å². The van der Waals surface area contributed by atoms with Gasteiger partial charge in [-0.1, -0.05) is 78.9 Å². The molecule has 0 heterocycles. The van der Waals surface area contributed by atoms with Crippen LogP contribution in [0.3, 0.4) is 0 Å². The van der Waals surface area contributed by atoms with Crippen LogP contribution in [0.2, 0.25) is 0 Å². The van der Waals surface area contributed by atoms with Gasteiger partial charge < -0.3 is 5.11 Å². The second-order valence-electron chi connectivity index (χ2n) is 5.40. The van der Waals surface area contributed by atoms with Crippen LogP contribution in [0.25, 0.3) is 16.8 Å². The molecule has 0 spiro atoms. The van der Waals surface area contributed by atoms with E-state index in [0.29, 0.717) is 0 Å². The fourth-order valence-electron chi connectivity index (χ4n) is 2.52. The minimum absolute atomic E-state index is 0. The van der Waals surface area contributed by atoms with Crippen molar-refractivity contribution >= 4 is 16.8 Å². The molecule has 25 heavy (non-hydrogen) atoms. The predicted octanol–water partition coefficient (Wildman–Crippen LogP) is 5.00. The molecule has 0 unspecified atom stereocenters. The van der Waals surface area contributed by atoms with Gasteiger partial charge in [0.15, 0.2) is 0 Å². The van der Waals surface area contributed by atoms with E-state index in [1.165, 1.54) is 5.39 Å². The van der Waals surface area contributed by atoms with E-state index in [9.17, 15) is 5.11 Å². The summed E-state index contributed by atoms with van der Waals surface area (Å²) >= 11 is 0. The molecule has 0 bridgehead atoms. The van der Waals surface area contributed by atoms with Crippen LogP contribution in [-0.2, 0) is 17.1 Å². The monoisotopic (exact) mass is 366 g/mol. The van der Waals surface area contributed by atoms with Crippen LogP contribution >= 0.6 is 0 Å². The zero-order valence-corrected chi connectivity index (χ0v) is 14.8. The Morgan fingerprint density at radius 3 is 2.20 bits per heavy atom. The molecule has 0 radical (unpaired) electrons. The number of benzene rings is 2. The van der Waals surface area contributed by atoms with Crippen LogP contribution in [0.1, 0.15) is 5.56 Å². The Kier molecular flexibility index (Phi) is 7.15. The van der Waals surface area contributed by atoms with E-state index in [-0.39, 0.29) is 22.8 Å². The second kappa shape index (κ2) is 9.58. The van der Waals surface area contributed by atoms with E-state index in [1.807, 2.05) is 85.0 Å². The average molecular weight is 366 g/mol. The van der Waals surface area contributed by atoms with Gasteiger partial charge in [0.2, 0.25) is 0 Å². The summed E-state index contributed by atoms with van der Waals surface area (Å²) in [5, 5.41) is 14.3. The van der Waals surface area contributed by atoms with Crippen LogP contribution in [0.15, 0.2) is 115 Å². The van der Waals surface area contributed by atoms with Gasteiger partial charge in [0.1, 0.15) is 0 Å². The molecule has 0 aliphatic heterocycles. The van der Waals surface area contributed by atoms with Crippen molar-refractivity contribution in [1.82, 2.24) is 0 Å². The van der Waals surface area contributed by atoms with Gasteiger partial charge in [0, 0.05) is 0 Å². The smallest absolute Gasteiger partial charge is 0.872 e. The molecule has 0 amide bonds. The largest absolute Gasteiger partial charge is 2.00 e. The fraction of sp³-hybridized carbons (Fsp3) is 0. The van der Waals surface area contributed by atoms with Crippen LogP contribution < -0.4 is 5.11 Å². The maximum Gasteiger partial charge on any atom is 2.00 e. The molecule has 1 nitrogen and oxygen atoms in total. The molecule has 1 aliphatic carbocycles. The molecule has 3 aromatic rings. The molecular formula is C23H18FeO. The van der Waals surface area contributed by atoms with Crippen LogP contribution in [0.5, 0.6) is 0 Å². The van der Waals surface area contributed by atoms with Crippen molar-refractivity contribution in [3.63, 3.8) is 0 Å². The maximum atomic E-state index is 11.9. The number of fused-ring (bicyclic) bond motifs is 1. The first-order valence-electron chi connectivity index (χ1n) is 7.93. The molecule has 3 aromatic carbocycles. The number of hydrogen-bond donors (Lipinski definition) is 0. The molecule has 0 saturated carbocycles. The number of rotatable bonds is 2. The van der Waals surface area contributed by atoms with E-state index >= 15 is 0 Å². The SMILES string of the molecule is [Fe+2].[O-]C(/C=C/c1cccc2ccccc12)=C1C=CC=C1.c1cc[cH-]c1. The summed E-state index contributed by atoms with van der Waals surface area (Å²) in [6.07, 6.45) is 10.9. The fourth-order valence-corrected chi connectivity index (χ4v) is 2.52. The van der Waals surface area contributed by atoms with Crippen molar-refractivity contribution in [3.8, 4) is 0 Å². The first kappa shape index (κ1) is 18.7. The Bertz CT molecular complexity index is 876. The Morgan fingerprint density at radius 1 is 0.840 bits per heavy atom. The van der Waals surface area contributed by atoms with Gasteiger partial charge in [-0.25, -0.2) is 12.1 Å². The number of allylic oxidation sites excluding steroid dienone is 6.